The SMILES string of the molecule is N#Cc1ccc(C2CCCCC2)c([N+](=O)[O-])c1N. The fourth-order valence-corrected chi connectivity index (χ4v) is 2.67. The molecule has 0 aliphatic heterocycles. The topological polar surface area (TPSA) is 92.9 Å². The Morgan fingerprint density at radius 1 is 1.33 bits per heavy atom. The van der Waals surface area contributed by atoms with Gasteiger partial charge in [-0.05, 0) is 24.8 Å². The Morgan fingerprint density at radius 3 is 2.56 bits per heavy atom. The standard InChI is InChI=1S/C13H15N3O2/c14-8-10-6-7-11(9-4-2-1-3-5-9)13(12(10)15)16(17)18/h6-7,9H,1-5,15H2. The Balaban J connectivity index is 2.50. The summed E-state index contributed by atoms with van der Waals surface area (Å²) in [7, 11) is 0. The van der Waals surface area contributed by atoms with Crippen LogP contribution in [0.3, 0.4) is 0 Å². The van der Waals surface area contributed by atoms with Crippen LogP contribution >= 0.6 is 0 Å². The fraction of sp³-hybridized carbons (Fsp3) is 0.462. The van der Waals surface area contributed by atoms with Crippen molar-refractivity contribution in [2.45, 2.75) is 38.0 Å². The van der Waals surface area contributed by atoms with Gasteiger partial charge in [-0.2, -0.15) is 5.26 Å². The third-order valence-electron chi connectivity index (χ3n) is 3.60. The fourth-order valence-electron chi connectivity index (χ4n) is 2.67. The van der Waals surface area contributed by atoms with E-state index in [0.29, 0.717) is 5.56 Å². The number of rotatable bonds is 2. The Bertz CT molecular complexity index is 514. The first-order valence-electron chi connectivity index (χ1n) is 6.12. The number of nitrogen functional groups attached to an aromatic ring is 1. The molecule has 18 heavy (non-hydrogen) atoms. The van der Waals surface area contributed by atoms with E-state index in [1.54, 1.807) is 12.1 Å². The van der Waals surface area contributed by atoms with Gasteiger partial charge in [-0.15, -0.1) is 0 Å². The quantitative estimate of drug-likeness (QED) is 0.492. The molecule has 0 bridgehead atoms. The Hall–Kier alpha value is -2.09. The summed E-state index contributed by atoms with van der Waals surface area (Å²) < 4.78 is 0. The smallest absolute Gasteiger partial charge is 0.296 e. The van der Waals surface area contributed by atoms with Crippen LogP contribution in [-0.2, 0) is 0 Å². The molecule has 1 aliphatic carbocycles. The highest BCUT2D eigenvalue weighted by Crippen LogP contribution is 2.40. The molecule has 1 aromatic carbocycles. The van der Waals surface area contributed by atoms with Crippen molar-refractivity contribution in [2.75, 3.05) is 5.73 Å². The van der Waals surface area contributed by atoms with Crippen LogP contribution in [0.25, 0.3) is 0 Å². The molecule has 0 radical (unpaired) electrons. The van der Waals surface area contributed by atoms with Crippen molar-refractivity contribution in [1.29, 1.82) is 5.26 Å². The zero-order valence-electron chi connectivity index (χ0n) is 10.1. The van der Waals surface area contributed by atoms with Gasteiger partial charge in [0.15, 0.2) is 0 Å². The first kappa shape index (κ1) is 12.4. The molecule has 0 spiro atoms. The number of hydrogen-bond acceptors (Lipinski definition) is 4. The van der Waals surface area contributed by atoms with Gasteiger partial charge in [-0.1, -0.05) is 25.3 Å². The van der Waals surface area contributed by atoms with E-state index in [0.717, 1.165) is 25.7 Å². The number of benzene rings is 1. The highest BCUT2D eigenvalue weighted by atomic mass is 16.6. The van der Waals surface area contributed by atoms with E-state index in [2.05, 4.69) is 0 Å². The minimum absolute atomic E-state index is 0.00516. The van der Waals surface area contributed by atoms with Gasteiger partial charge in [0.2, 0.25) is 0 Å². The van der Waals surface area contributed by atoms with Crippen LogP contribution in [0.2, 0.25) is 0 Å². The molecule has 0 heterocycles. The van der Waals surface area contributed by atoms with Crippen molar-refractivity contribution < 1.29 is 4.92 Å². The van der Waals surface area contributed by atoms with Gasteiger partial charge in [0.05, 0.1) is 10.5 Å². The van der Waals surface area contributed by atoms with Gasteiger partial charge in [0.1, 0.15) is 11.8 Å². The van der Waals surface area contributed by atoms with Gasteiger partial charge in [-0.3, -0.25) is 10.1 Å². The number of nitro benzene ring substituents is 1. The largest absolute Gasteiger partial charge is 0.392 e. The minimum atomic E-state index is -0.458. The third-order valence-corrected chi connectivity index (χ3v) is 3.60. The first-order chi connectivity index (χ1) is 8.65. The number of nitrogens with two attached hydrogens (primary N) is 1. The molecule has 2 rings (SSSR count). The van der Waals surface area contributed by atoms with Crippen LogP contribution in [0.5, 0.6) is 0 Å². The van der Waals surface area contributed by atoms with Crippen molar-refractivity contribution in [3.63, 3.8) is 0 Å². The van der Waals surface area contributed by atoms with Gasteiger partial charge >= 0.3 is 0 Å². The summed E-state index contributed by atoms with van der Waals surface area (Å²) in [5, 5.41) is 20.0. The van der Waals surface area contributed by atoms with Crippen LogP contribution in [0.1, 0.15) is 49.1 Å². The van der Waals surface area contributed by atoms with Crippen LogP contribution in [0.4, 0.5) is 11.4 Å². The molecule has 2 N–H and O–H groups in total. The summed E-state index contributed by atoms with van der Waals surface area (Å²) in [5.41, 5.74) is 6.55. The van der Waals surface area contributed by atoms with Crippen LogP contribution in [-0.4, -0.2) is 4.92 Å². The zero-order chi connectivity index (χ0) is 13.1. The number of anilines is 1. The van der Waals surface area contributed by atoms with Crippen molar-refractivity contribution in [3.8, 4) is 6.07 Å². The Kier molecular flexibility index (Phi) is 3.47. The number of hydrogen-bond donors (Lipinski definition) is 1. The minimum Gasteiger partial charge on any atom is -0.392 e. The van der Waals surface area contributed by atoms with Gasteiger partial charge in [-0.25, -0.2) is 0 Å². The van der Waals surface area contributed by atoms with Crippen molar-refractivity contribution in [2.24, 2.45) is 0 Å². The van der Waals surface area contributed by atoms with E-state index < -0.39 is 4.92 Å². The van der Waals surface area contributed by atoms with Crippen molar-refractivity contribution in [1.82, 2.24) is 0 Å². The lowest BCUT2D eigenvalue weighted by Gasteiger charge is -2.22. The molecular weight excluding hydrogens is 230 g/mol. The maximum Gasteiger partial charge on any atom is 0.296 e. The molecule has 94 valence electrons. The molecule has 0 amide bonds. The van der Waals surface area contributed by atoms with Gasteiger partial charge in [0.25, 0.3) is 5.69 Å². The summed E-state index contributed by atoms with van der Waals surface area (Å²) in [4.78, 5) is 10.7. The van der Waals surface area contributed by atoms with E-state index in [9.17, 15) is 10.1 Å². The molecule has 0 atom stereocenters. The van der Waals surface area contributed by atoms with Gasteiger partial charge in [0, 0.05) is 5.56 Å². The van der Waals surface area contributed by atoms with Crippen molar-refractivity contribution in [3.05, 3.63) is 33.4 Å². The number of nitrogens with zero attached hydrogens (tertiary/aromatic N) is 2. The molecule has 1 fully saturated rings. The predicted molar refractivity (Wildman–Crippen MR) is 68.0 cm³/mol. The summed E-state index contributed by atoms with van der Waals surface area (Å²) in [6.45, 7) is 0. The predicted octanol–water partition coefficient (Wildman–Crippen LogP) is 3.10. The molecule has 5 nitrogen and oxygen atoms in total. The average molecular weight is 245 g/mol. The third kappa shape index (κ3) is 2.14. The normalized spacial score (nSPS) is 16.2. The summed E-state index contributed by atoms with van der Waals surface area (Å²) >= 11 is 0. The first-order valence-corrected chi connectivity index (χ1v) is 6.12. The highest BCUT2D eigenvalue weighted by Gasteiger charge is 2.27. The molecule has 1 saturated carbocycles. The number of nitriles is 1. The average Bonchev–Trinajstić information content (AvgIpc) is 2.39. The second-order valence-corrected chi connectivity index (χ2v) is 4.67. The lowest BCUT2D eigenvalue weighted by Crippen LogP contribution is -2.09. The molecule has 0 unspecified atom stereocenters. The molecular formula is C13H15N3O2. The van der Waals surface area contributed by atoms with E-state index in [4.69, 9.17) is 11.0 Å². The molecule has 0 saturated heterocycles. The monoisotopic (exact) mass is 245 g/mol. The second-order valence-electron chi connectivity index (χ2n) is 4.67. The highest BCUT2D eigenvalue weighted by molar-refractivity contribution is 5.71. The summed E-state index contributed by atoms with van der Waals surface area (Å²) in [5.74, 6) is 0.203. The lowest BCUT2D eigenvalue weighted by atomic mass is 9.82. The Morgan fingerprint density at radius 2 is 2.00 bits per heavy atom. The maximum atomic E-state index is 11.2. The Labute approximate surface area is 105 Å². The molecule has 5 heteroatoms. The lowest BCUT2D eigenvalue weighted by molar-refractivity contribution is -0.384. The van der Waals surface area contributed by atoms with Crippen LogP contribution < -0.4 is 5.73 Å². The van der Waals surface area contributed by atoms with Crippen LogP contribution in [0.15, 0.2) is 12.1 Å². The van der Waals surface area contributed by atoms with E-state index in [-0.39, 0.29) is 22.9 Å². The summed E-state index contributed by atoms with van der Waals surface area (Å²) in [6.07, 6.45) is 5.32. The van der Waals surface area contributed by atoms with Gasteiger partial charge < -0.3 is 5.73 Å². The zero-order valence-corrected chi connectivity index (χ0v) is 10.1. The van der Waals surface area contributed by atoms with Crippen LogP contribution in [0, 0.1) is 21.4 Å². The van der Waals surface area contributed by atoms with E-state index in [1.807, 2.05) is 6.07 Å². The second kappa shape index (κ2) is 5.05. The molecule has 0 aromatic heterocycles. The van der Waals surface area contributed by atoms with Crippen molar-refractivity contribution >= 4 is 11.4 Å². The summed E-state index contributed by atoms with van der Waals surface area (Å²) in [6, 6.07) is 5.18. The molecule has 1 aromatic rings. The van der Waals surface area contributed by atoms with E-state index in [1.165, 1.54) is 6.42 Å². The molecule has 1 aliphatic rings. The number of nitro groups is 1. The maximum absolute atomic E-state index is 11.2. The van der Waals surface area contributed by atoms with E-state index >= 15 is 0 Å².